The van der Waals surface area contributed by atoms with Crippen molar-refractivity contribution in [2.24, 2.45) is 0 Å². The third-order valence-corrected chi connectivity index (χ3v) is 1.02. The van der Waals surface area contributed by atoms with Gasteiger partial charge in [0.15, 0.2) is 5.90 Å². The van der Waals surface area contributed by atoms with Gasteiger partial charge in [0.1, 0.15) is 6.26 Å². The minimum atomic E-state index is 0.314. The summed E-state index contributed by atoms with van der Waals surface area (Å²) in [6.07, 6.45) is 2.17. The van der Waals surface area contributed by atoms with E-state index in [0.29, 0.717) is 12.3 Å². The minimum absolute atomic E-state index is 0.314. The molecule has 3 nitrogen and oxygen atoms in total. The summed E-state index contributed by atoms with van der Waals surface area (Å²) in [5.41, 5.74) is 0.968. The van der Waals surface area contributed by atoms with Gasteiger partial charge < -0.3 is 10.1 Å². The Labute approximate surface area is 47.9 Å². The second-order valence-corrected chi connectivity index (χ2v) is 1.61. The van der Waals surface area contributed by atoms with Gasteiger partial charge in [-0.15, -0.1) is 0 Å². The lowest BCUT2D eigenvalue weighted by atomic mass is 10.4. The summed E-state index contributed by atoms with van der Waals surface area (Å²) in [6, 6.07) is 0. The predicted molar refractivity (Wildman–Crippen MR) is 30.6 cm³/mol. The molecule has 0 fully saturated rings. The standard InChI is InChI=1S/C5H8N2O/c1-7-4-2-5(6)8-3-4/h3,6-7H,2H2,1H3. The first-order valence-electron chi connectivity index (χ1n) is 2.44. The molecule has 1 aliphatic rings. The molecule has 0 spiro atoms. The van der Waals surface area contributed by atoms with Crippen LogP contribution in [-0.2, 0) is 4.74 Å². The van der Waals surface area contributed by atoms with Gasteiger partial charge in [-0.1, -0.05) is 0 Å². The third kappa shape index (κ3) is 0.804. The van der Waals surface area contributed by atoms with E-state index >= 15 is 0 Å². The van der Waals surface area contributed by atoms with Crippen molar-refractivity contribution in [3.8, 4) is 0 Å². The molecule has 1 aliphatic heterocycles. The highest BCUT2D eigenvalue weighted by Crippen LogP contribution is 2.06. The van der Waals surface area contributed by atoms with Crippen LogP contribution in [0.2, 0.25) is 0 Å². The number of hydrogen-bond donors (Lipinski definition) is 2. The van der Waals surface area contributed by atoms with E-state index in [2.05, 4.69) is 5.32 Å². The number of hydrogen-bond acceptors (Lipinski definition) is 3. The van der Waals surface area contributed by atoms with Gasteiger partial charge >= 0.3 is 0 Å². The highest BCUT2D eigenvalue weighted by molar-refractivity contribution is 5.78. The topological polar surface area (TPSA) is 45.1 Å². The van der Waals surface area contributed by atoms with Crippen LogP contribution in [0.15, 0.2) is 12.0 Å². The first-order chi connectivity index (χ1) is 3.83. The Bertz CT molecular complexity index is 139. The first kappa shape index (κ1) is 5.15. The zero-order chi connectivity index (χ0) is 5.98. The average molecular weight is 112 g/mol. The highest BCUT2D eigenvalue weighted by Gasteiger charge is 2.07. The Hall–Kier alpha value is -0.990. The fourth-order valence-electron chi connectivity index (χ4n) is 0.546. The number of nitrogens with one attached hydrogen (secondary N) is 2. The van der Waals surface area contributed by atoms with E-state index < -0.39 is 0 Å². The van der Waals surface area contributed by atoms with Gasteiger partial charge in [-0.2, -0.15) is 0 Å². The smallest absolute Gasteiger partial charge is 0.192 e. The first-order valence-corrected chi connectivity index (χ1v) is 2.44. The zero-order valence-corrected chi connectivity index (χ0v) is 4.69. The van der Waals surface area contributed by atoms with Crippen molar-refractivity contribution in [2.75, 3.05) is 7.05 Å². The van der Waals surface area contributed by atoms with Crippen LogP contribution in [-0.4, -0.2) is 12.9 Å². The molecule has 1 rings (SSSR count). The molecule has 0 saturated heterocycles. The zero-order valence-electron chi connectivity index (χ0n) is 4.69. The summed E-state index contributed by atoms with van der Waals surface area (Å²) < 4.78 is 4.72. The molecule has 44 valence electrons. The molecule has 0 atom stereocenters. The monoisotopic (exact) mass is 112 g/mol. The van der Waals surface area contributed by atoms with Crippen molar-refractivity contribution in [1.29, 1.82) is 5.41 Å². The fraction of sp³-hybridized carbons (Fsp3) is 0.400. The van der Waals surface area contributed by atoms with E-state index in [4.69, 9.17) is 10.1 Å². The van der Waals surface area contributed by atoms with Gasteiger partial charge in [0.25, 0.3) is 0 Å². The highest BCUT2D eigenvalue weighted by atomic mass is 16.5. The molecule has 0 aromatic rings. The van der Waals surface area contributed by atoms with E-state index in [1.54, 1.807) is 6.26 Å². The van der Waals surface area contributed by atoms with Gasteiger partial charge in [-0.25, -0.2) is 0 Å². The molecular formula is C5H8N2O. The lowest BCUT2D eigenvalue weighted by Gasteiger charge is -1.91. The SMILES string of the molecule is CNC1=COC(=N)C1. The summed E-state index contributed by atoms with van der Waals surface area (Å²) >= 11 is 0. The van der Waals surface area contributed by atoms with Crippen LogP contribution in [0.4, 0.5) is 0 Å². The summed E-state index contributed by atoms with van der Waals surface area (Å²) in [6.45, 7) is 0. The lowest BCUT2D eigenvalue weighted by molar-refractivity contribution is 0.476. The van der Waals surface area contributed by atoms with Gasteiger partial charge in [0, 0.05) is 7.05 Å². The van der Waals surface area contributed by atoms with E-state index in [1.807, 2.05) is 7.05 Å². The van der Waals surface area contributed by atoms with Crippen molar-refractivity contribution in [1.82, 2.24) is 5.32 Å². The van der Waals surface area contributed by atoms with Crippen LogP contribution in [0.3, 0.4) is 0 Å². The maximum absolute atomic E-state index is 6.97. The van der Waals surface area contributed by atoms with Gasteiger partial charge in [-0.05, 0) is 0 Å². The Balaban J connectivity index is 2.49. The molecule has 0 aromatic carbocycles. The number of ether oxygens (including phenoxy) is 1. The molecule has 0 radical (unpaired) electrons. The van der Waals surface area contributed by atoms with E-state index in [9.17, 15) is 0 Å². The normalized spacial score (nSPS) is 17.6. The van der Waals surface area contributed by atoms with Crippen LogP contribution < -0.4 is 5.32 Å². The molecule has 0 aromatic heterocycles. The van der Waals surface area contributed by atoms with Crippen molar-refractivity contribution >= 4 is 5.90 Å². The molecule has 0 aliphatic carbocycles. The van der Waals surface area contributed by atoms with Crippen molar-refractivity contribution in [2.45, 2.75) is 6.42 Å². The fourth-order valence-corrected chi connectivity index (χ4v) is 0.546. The van der Waals surface area contributed by atoms with E-state index in [0.717, 1.165) is 5.70 Å². The lowest BCUT2D eigenvalue weighted by Crippen LogP contribution is -2.03. The van der Waals surface area contributed by atoms with Gasteiger partial charge in [-0.3, -0.25) is 5.41 Å². The van der Waals surface area contributed by atoms with Crippen molar-refractivity contribution in [3.63, 3.8) is 0 Å². The third-order valence-electron chi connectivity index (χ3n) is 1.02. The Morgan fingerprint density at radius 2 is 2.62 bits per heavy atom. The van der Waals surface area contributed by atoms with Crippen LogP contribution in [0.5, 0.6) is 0 Å². The van der Waals surface area contributed by atoms with Crippen molar-refractivity contribution in [3.05, 3.63) is 12.0 Å². The predicted octanol–water partition coefficient (Wildman–Crippen LogP) is 0.445. The Morgan fingerprint density at radius 1 is 1.88 bits per heavy atom. The second kappa shape index (κ2) is 1.86. The van der Waals surface area contributed by atoms with E-state index in [-0.39, 0.29) is 0 Å². The molecule has 0 unspecified atom stereocenters. The molecule has 0 amide bonds. The maximum Gasteiger partial charge on any atom is 0.192 e. The Morgan fingerprint density at radius 3 is 2.88 bits per heavy atom. The van der Waals surface area contributed by atoms with Crippen molar-refractivity contribution < 1.29 is 4.74 Å². The minimum Gasteiger partial charge on any atom is -0.449 e. The molecule has 1 heterocycles. The molecule has 0 bridgehead atoms. The Kier molecular flexibility index (Phi) is 1.20. The second-order valence-electron chi connectivity index (χ2n) is 1.61. The molecule has 3 heteroatoms. The molecule has 0 saturated carbocycles. The summed E-state index contributed by atoms with van der Waals surface area (Å²) in [5, 5.41) is 9.86. The van der Waals surface area contributed by atoms with Gasteiger partial charge in [0.2, 0.25) is 0 Å². The maximum atomic E-state index is 6.97. The quantitative estimate of drug-likeness (QED) is 0.517. The summed E-state index contributed by atoms with van der Waals surface area (Å²) in [4.78, 5) is 0. The molecule has 2 N–H and O–H groups in total. The largest absolute Gasteiger partial charge is 0.449 e. The molecule has 8 heavy (non-hydrogen) atoms. The van der Waals surface area contributed by atoms with Crippen LogP contribution in [0.25, 0.3) is 0 Å². The van der Waals surface area contributed by atoms with Gasteiger partial charge in [0.05, 0.1) is 12.1 Å². The van der Waals surface area contributed by atoms with E-state index in [1.165, 1.54) is 0 Å². The summed E-state index contributed by atoms with van der Waals surface area (Å²) in [7, 11) is 1.81. The average Bonchev–Trinajstić information content (AvgIpc) is 2.14. The van der Waals surface area contributed by atoms with Crippen LogP contribution in [0.1, 0.15) is 6.42 Å². The van der Waals surface area contributed by atoms with Crippen LogP contribution in [0, 0.1) is 5.41 Å². The summed E-state index contributed by atoms with van der Waals surface area (Å²) in [5.74, 6) is 0.314. The van der Waals surface area contributed by atoms with Crippen LogP contribution >= 0.6 is 0 Å². The molecular weight excluding hydrogens is 104 g/mol. The number of rotatable bonds is 1.